The summed E-state index contributed by atoms with van der Waals surface area (Å²) in [6, 6.07) is 14.7. The molecule has 7 heteroatoms. The number of benzene rings is 2. The molecule has 1 fully saturated rings. The van der Waals surface area contributed by atoms with E-state index in [1.165, 1.54) is 24.9 Å². The first-order valence-corrected chi connectivity index (χ1v) is 11.4. The second-order valence-corrected chi connectivity index (χ2v) is 9.04. The highest BCUT2D eigenvalue weighted by Gasteiger charge is 2.17. The largest absolute Gasteiger partial charge is 0.371 e. The molecule has 0 unspecified atom stereocenters. The van der Waals surface area contributed by atoms with E-state index in [4.69, 9.17) is 0 Å². The van der Waals surface area contributed by atoms with Crippen LogP contribution in [0, 0.1) is 0 Å². The minimum absolute atomic E-state index is 0.0978. The molecule has 1 amide bonds. The minimum atomic E-state index is -3.33. The van der Waals surface area contributed by atoms with Crippen LogP contribution >= 0.6 is 0 Å². The van der Waals surface area contributed by atoms with Gasteiger partial charge in [-0.15, -0.1) is 0 Å². The topological polar surface area (TPSA) is 69.7 Å². The van der Waals surface area contributed by atoms with Gasteiger partial charge >= 0.3 is 0 Å². The molecule has 2 aromatic rings. The molecule has 2 aromatic carbocycles. The summed E-state index contributed by atoms with van der Waals surface area (Å²) >= 11 is 0. The molecule has 6 nitrogen and oxygen atoms in total. The molecular formula is C21H27N3O3S. The van der Waals surface area contributed by atoms with Gasteiger partial charge in [-0.3, -0.25) is 9.52 Å². The summed E-state index contributed by atoms with van der Waals surface area (Å²) in [4.78, 5) is 16.9. The minimum Gasteiger partial charge on any atom is -0.371 e. The van der Waals surface area contributed by atoms with Crippen molar-refractivity contribution >= 4 is 27.3 Å². The van der Waals surface area contributed by atoms with E-state index in [0.29, 0.717) is 17.8 Å². The Bertz CT molecular complexity index is 920. The van der Waals surface area contributed by atoms with Crippen LogP contribution in [0.3, 0.4) is 0 Å². The van der Waals surface area contributed by atoms with Crippen LogP contribution in [0.2, 0.25) is 0 Å². The number of hydrogen-bond donors (Lipinski definition) is 1. The maximum Gasteiger partial charge on any atom is 0.253 e. The number of rotatable bonds is 6. The van der Waals surface area contributed by atoms with E-state index in [0.717, 1.165) is 24.9 Å². The highest BCUT2D eigenvalue weighted by atomic mass is 32.2. The van der Waals surface area contributed by atoms with Gasteiger partial charge in [-0.2, -0.15) is 0 Å². The molecule has 0 saturated carbocycles. The third kappa shape index (κ3) is 5.25. The van der Waals surface area contributed by atoms with Gasteiger partial charge in [0.25, 0.3) is 5.91 Å². The van der Waals surface area contributed by atoms with E-state index >= 15 is 0 Å². The fourth-order valence-corrected chi connectivity index (χ4v) is 4.09. The molecule has 0 aromatic heterocycles. The number of amides is 1. The third-order valence-electron chi connectivity index (χ3n) is 4.88. The van der Waals surface area contributed by atoms with Gasteiger partial charge in [0, 0.05) is 43.6 Å². The van der Waals surface area contributed by atoms with Gasteiger partial charge in [0.2, 0.25) is 10.0 Å². The summed E-state index contributed by atoms with van der Waals surface area (Å²) in [6.07, 6.45) is 4.79. The second kappa shape index (κ2) is 8.65. The highest BCUT2D eigenvalue weighted by molar-refractivity contribution is 7.92. The van der Waals surface area contributed by atoms with Gasteiger partial charge in [0.15, 0.2) is 0 Å². The molecule has 1 aliphatic heterocycles. The molecule has 0 aliphatic carbocycles. The Morgan fingerprint density at radius 1 is 1.04 bits per heavy atom. The number of carbonyl (C=O) groups is 1. The van der Waals surface area contributed by atoms with Crippen LogP contribution in [0.15, 0.2) is 48.5 Å². The average Bonchev–Trinajstić information content (AvgIpc) is 2.68. The summed E-state index contributed by atoms with van der Waals surface area (Å²) in [5.41, 5.74) is 3.30. The first kappa shape index (κ1) is 20.2. The average molecular weight is 402 g/mol. The number of sulfonamides is 1. The fraction of sp³-hybridized carbons (Fsp3) is 0.381. The van der Waals surface area contributed by atoms with Crippen LogP contribution in [-0.2, 0) is 16.6 Å². The number of hydrogen-bond acceptors (Lipinski definition) is 4. The molecule has 1 heterocycles. The molecule has 0 spiro atoms. The van der Waals surface area contributed by atoms with Crippen molar-refractivity contribution in [2.45, 2.75) is 25.8 Å². The molecule has 1 saturated heterocycles. The molecular weight excluding hydrogens is 374 g/mol. The van der Waals surface area contributed by atoms with Crippen LogP contribution in [0.5, 0.6) is 0 Å². The van der Waals surface area contributed by atoms with Crippen molar-refractivity contribution in [3.63, 3.8) is 0 Å². The zero-order valence-corrected chi connectivity index (χ0v) is 17.2. The monoisotopic (exact) mass is 401 g/mol. The van der Waals surface area contributed by atoms with E-state index in [9.17, 15) is 13.2 Å². The molecule has 0 radical (unpaired) electrons. The van der Waals surface area contributed by atoms with Crippen molar-refractivity contribution in [1.82, 2.24) is 4.90 Å². The third-order valence-corrected chi connectivity index (χ3v) is 5.48. The Balaban J connectivity index is 1.71. The number of nitrogens with one attached hydrogen (secondary N) is 1. The summed E-state index contributed by atoms with van der Waals surface area (Å²) in [6.45, 7) is 2.64. The summed E-state index contributed by atoms with van der Waals surface area (Å²) in [5, 5.41) is 0. The zero-order chi connectivity index (χ0) is 20.1. The highest BCUT2D eigenvalue weighted by Crippen LogP contribution is 2.25. The Labute approximate surface area is 167 Å². The number of carbonyl (C=O) groups excluding carboxylic acids is 1. The molecule has 0 atom stereocenters. The molecule has 28 heavy (non-hydrogen) atoms. The van der Waals surface area contributed by atoms with Crippen LogP contribution < -0.4 is 9.62 Å². The smallest absolute Gasteiger partial charge is 0.253 e. The maximum atomic E-state index is 12.8. The lowest BCUT2D eigenvalue weighted by atomic mass is 10.1. The molecule has 1 aliphatic rings. The van der Waals surface area contributed by atoms with Gasteiger partial charge in [-0.25, -0.2) is 8.42 Å². The zero-order valence-electron chi connectivity index (χ0n) is 16.4. The number of para-hydroxylation sites is 1. The van der Waals surface area contributed by atoms with Crippen molar-refractivity contribution in [2.24, 2.45) is 0 Å². The van der Waals surface area contributed by atoms with Gasteiger partial charge in [0.05, 0.1) is 6.26 Å². The second-order valence-electron chi connectivity index (χ2n) is 7.29. The summed E-state index contributed by atoms with van der Waals surface area (Å²) in [7, 11) is -1.54. The SMILES string of the molecule is CN(Cc1ccccc1N1CCCCC1)C(=O)c1ccc(NS(C)(=O)=O)cc1. The molecule has 150 valence electrons. The van der Waals surface area contributed by atoms with Crippen molar-refractivity contribution in [2.75, 3.05) is 36.0 Å². The van der Waals surface area contributed by atoms with Crippen LogP contribution in [0.4, 0.5) is 11.4 Å². The number of anilines is 2. The predicted octanol–water partition coefficient (Wildman–Crippen LogP) is 3.32. The number of nitrogens with zero attached hydrogens (tertiary/aromatic N) is 2. The lowest BCUT2D eigenvalue weighted by Gasteiger charge is -2.31. The fourth-order valence-electron chi connectivity index (χ4n) is 3.53. The van der Waals surface area contributed by atoms with Crippen molar-refractivity contribution in [3.05, 3.63) is 59.7 Å². The predicted molar refractivity (Wildman–Crippen MR) is 113 cm³/mol. The van der Waals surface area contributed by atoms with Crippen LogP contribution in [0.25, 0.3) is 0 Å². The summed E-state index contributed by atoms with van der Waals surface area (Å²) in [5.74, 6) is -0.0978. The summed E-state index contributed by atoms with van der Waals surface area (Å²) < 4.78 is 25.0. The molecule has 1 N–H and O–H groups in total. The Morgan fingerprint density at radius 3 is 2.32 bits per heavy atom. The molecule has 3 rings (SSSR count). The maximum absolute atomic E-state index is 12.8. The van der Waals surface area contributed by atoms with Gasteiger partial charge in [-0.1, -0.05) is 18.2 Å². The van der Waals surface area contributed by atoms with Gasteiger partial charge in [-0.05, 0) is 55.2 Å². The quantitative estimate of drug-likeness (QED) is 0.806. The standard InChI is InChI=1S/C21H27N3O3S/c1-23(21(25)17-10-12-19(13-11-17)22-28(2,26)27)16-18-8-4-5-9-20(18)24-14-6-3-7-15-24/h4-5,8-13,22H,3,6-7,14-16H2,1-2H3. The Morgan fingerprint density at radius 2 is 1.68 bits per heavy atom. The van der Waals surface area contributed by atoms with Crippen molar-refractivity contribution in [1.29, 1.82) is 0 Å². The van der Waals surface area contributed by atoms with Gasteiger partial charge < -0.3 is 9.80 Å². The van der Waals surface area contributed by atoms with Crippen molar-refractivity contribution in [3.8, 4) is 0 Å². The van der Waals surface area contributed by atoms with E-state index in [-0.39, 0.29) is 5.91 Å². The molecule has 0 bridgehead atoms. The lowest BCUT2D eigenvalue weighted by Crippen LogP contribution is -2.32. The Kier molecular flexibility index (Phi) is 6.24. The normalized spacial score (nSPS) is 14.6. The Hall–Kier alpha value is -2.54. The van der Waals surface area contributed by atoms with E-state index in [2.05, 4.69) is 21.8 Å². The first-order chi connectivity index (χ1) is 13.3. The lowest BCUT2D eigenvalue weighted by molar-refractivity contribution is 0.0785. The van der Waals surface area contributed by atoms with Crippen LogP contribution in [-0.4, -0.2) is 45.6 Å². The number of piperidine rings is 1. The van der Waals surface area contributed by atoms with Gasteiger partial charge in [0.1, 0.15) is 0 Å². The van der Waals surface area contributed by atoms with Crippen molar-refractivity contribution < 1.29 is 13.2 Å². The van der Waals surface area contributed by atoms with E-state index in [1.54, 1.807) is 36.2 Å². The van der Waals surface area contributed by atoms with Crippen LogP contribution in [0.1, 0.15) is 35.2 Å². The first-order valence-electron chi connectivity index (χ1n) is 9.50. The van der Waals surface area contributed by atoms with E-state index < -0.39 is 10.0 Å². The van der Waals surface area contributed by atoms with E-state index in [1.807, 2.05) is 12.1 Å².